The van der Waals surface area contributed by atoms with Crippen molar-refractivity contribution in [1.82, 2.24) is 4.90 Å². The van der Waals surface area contributed by atoms with Crippen LogP contribution in [0.3, 0.4) is 0 Å². The molecule has 3 N–H and O–H groups in total. The molecule has 4 nitrogen and oxygen atoms in total. The van der Waals surface area contributed by atoms with E-state index >= 15 is 0 Å². The molecule has 0 spiro atoms. The molecule has 1 saturated carbocycles. The number of likely N-dealkylation sites (tertiary alicyclic amines) is 1. The van der Waals surface area contributed by atoms with Crippen molar-refractivity contribution < 1.29 is 9.90 Å². The predicted octanol–water partition coefficient (Wildman–Crippen LogP) is 3.04. The van der Waals surface area contributed by atoms with Crippen LogP contribution in [0.2, 0.25) is 0 Å². The molecule has 25 heavy (non-hydrogen) atoms. The van der Waals surface area contributed by atoms with Crippen LogP contribution in [0.15, 0.2) is 24.3 Å². The molecule has 2 aliphatic rings. The molecule has 1 aliphatic carbocycles. The lowest BCUT2D eigenvalue weighted by molar-refractivity contribution is -0.130. The maximum Gasteiger partial charge on any atom is 0.222 e. The van der Waals surface area contributed by atoms with E-state index in [9.17, 15) is 9.90 Å². The zero-order valence-corrected chi connectivity index (χ0v) is 15.2. The summed E-state index contributed by atoms with van der Waals surface area (Å²) >= 11 is 0. The molecule has 4 heteroatoms. The van der Waals surface area contributed by atoms with Crippen LogP contribution in [-0.2, 0) is 11.2 Å². The van der Waals surface area contributed by atoms with Crippen molar-refractivity contribution in [2.24, 2.45) is 17.6 Å². The van der Waals surface area contributed by atoms with Crippen molar-refractivity contribution in [2.75, 3.05) is 19.6 Å². The average molecular weight is 344 g/mol. The summed E-state index contributed by atoms with van der Waals surface area (Å²) in [5.74, 6) is 1.27. The molecule has 1 atom stereocenters. The highest BCUT2D eigenvalue weighted by Crippen LogP contribution is 2.36. The van der Waals surface area contributed by atoms with E-state index < -0.39 is 0 Å². The van der Waals surface area contributed by atoms with E-state index in [1.165, 1.54) is 5.56 Å². The number of carbonyl (C=O) groups excluding carboxylic acids is 1. The molecule has 0 aromatic heterocycles. The van der Waals surface area contributed by atoms with Crippen molar-refractivity contribution in [3.05, 3.63) is 35.4 Å². The summed E-state index contributed by atoms with van der Waals surface area (Å²) in [7, 11) is 0. The number of hydrogen-bond acceptors (Lipinski definition) is 3. The van der Waals surface area contributed by atoms with Gasteiger partial charge in [0, 0.05) is 19.5 Å². The summed E-state index contributed by atoms with van der Waals surface area (Å²) in [5, 5.41) is 10.7. The van der Waals surface area contributed by atoms with Crippen LogP contribution < -0.4 is 5.73 Å². The van der Waals surface area contributed by atoms with Gasteiger partial charge < -0.3 is 15.7 Å². The summed E-state index contributed by atoms with van der Waals surface area (Å²) < 4.78 is 0. The molecule has 1 unspecified atom stereocenters. The second kappa shape index (κ2) is 8.81. The molecule has 1 heterocycles. The number of aliphatic hydroxyl groups is 1. The molecule has 2 fully saturated rings. The molecule has 1 aromatic carbocycles. The molecular formula is C21H32N2O2. The zero-order valence-electron chi connectivity index (χ0n) is 15.2. The number of aliphatic hydroxyl groups excluding tert-OH is 1. The Balaban J connectivity index is 1.48. The predicted molar refractivity (Wildman–Crippen MR) is 100 cm³/mol. The molecule has 1 saturated heterocycles. The second-order valence-corrected chi connectivity index (χ2v) is 7.79. The van der Waals surface area contributed by atoms with Crippen molar-refractivity contribution >= 4 is 5.91 Å². The second-order valence-electron chi connectivity index (χ2n) is 7.79. The van der Waals surface area contributed by atoms with Crippen molar-refractivity contribution in [1.29, 1.82) is 0 Å². The van der Waals surface area contributed by atoms with E-state index in [1.807, 2.05) is 17.0 Å². The monoisotopic (exact) mass is 344 g/mol. The van der Waals surface area contributed by atoms with Gasteiger partial charge in [-0.15, -0.1) is 0 Å². The Bertz CT molecular complexity index is 544. The Morgan fingerprint density at radius 3 is 2.36 bits per heavy atom. The fourth-order valence-corrected chi connectivity index (χ4v) is 4.27. The van der Waals surface area contributed by atoms with Gasteiger partial charge in [-0.25, -0.2) is 0 Å². The highest BCUT2D eigenvalue weighted by atomic mass is 16.3. The Hall–Kier alpha value is -1.39. The van der Waals surface area contributed by atoms with Gasteiger partial charge in [-0.3, -0.25) is 4.79 Å². The average Bonchev–Trinajstić information content (AvgIpc) is 3.21. The van der Waals surface area contributed by atoms with Crippen LogP contribution in [0.5, 0.6) is 0 Å². The van der Waals surface area contributed by atoms with Gasteiger partial charge >= 0.3 is 0 Å². The van der Waals surface area contributed by atoms with E-state index in [4.69, 9.17) is 5.73 Å². The van der Waals surface area contributed by atoms with Crippen LogP contribution >= 0.6 is 0 Å². The third-order valence-electron chi connectivity index (χ3n) is 6.08. The van der Waals surface area contributed by atoms with E-state index in [-0.39, 0.29) is 12.0 Å². The van der Waals surface area contributed by atoms with Gasteiger partial charge in [-0.2, -0.15) is 0 Å². The van der Waals surface area contributed by atoms with E-state index in [2.05, 4.69) is 12.1 Å². The van der Waals surface area contributed by atoms with Gasteiger partial charge in [0.25, 0.3) is 0 Å². The van der Waals surface area contributed by atoms with Gasteiger partial charge in [0.1, 0.15) is 0 Å². The zero-order chi connectivity index (χ0) is 17.6. The highest BCUT2D eigenvalue weighted by Gasteiger charge is 2.26. The molecule has 0 radical (unpaired) electrons. The van der Waals surface area contributed by atoms with Crippen molar-refractivity contribution in [3.8, 4) is 0 Å². The smallest absolute Gasteiger partial charge is 0.222 e. The number of amides is 1. The van der Waals surface area contributed by atoms with Crippen LogP contribution in [-0.4, -0.2) is 35.5 Å². The van der Waals surface area contributed by atoms with Crippen LogP contribution in [0.4, 0.5) is 0 Å². The van der Waals surface area contributed by atoms with E-state index in [0.29, 0.717) is 18.3 Å². The number of carbonyl (C=O) groups is 1. The lowest BCUT2D eigenvalue weighted by atomic mass is 9.78. The number of nitrogens with zero attached hydrogens (tertiary/aromatic N) is 1. The molecule has 1 aliphatic heterocycles. The first-order valence-electron chi connectivity index (χ1n) is 9.92. The molecule has 138 valence electrons. The first-order chi connectivity index (χ1) is 12.2. The van der Waals surface area contributed by atoms with Crippen molar-refractivity contribution in [2.45, 2.75) is 57.5 Å². The number of hydrogen-bond donors (Lipinski definition) is 2. The SMILES string of the molecule is NCC1CCC(C(O)c2ccc(CCC(=O)N3CCCC3)cc2)CC1. The minimum absolute atomic E-state index is 0.276. The summed E-state index contributed by atoms with van der Waals surface area (Å²) in [6, 6.07) is 8.22. The lowest BCUT2D eigenvalue weighted by Gasteiger charge is -2.31. The van der Waals surface area contributed by atoms with E-state index in [1.54, 1.807) is 0 Å². The third kappa shape index (κ3) is 4.83. The van der Waals surface area contributed by atoms with Gasteiger partial charge in [-0.05, 0) is 74.5 Å². The maximum atomic E-state index is 12.1. The first-order valence-corrected chi connectivity index (χ1v) is 9.92. The molecule has 0 bridgehead atoms. The largest absolute Gasteiger partial charge is 0.388 e. The summed E-state index contributed by atoms with van der Waals surface area (Å²) in [6.45, 7) is 2.63. The number of nitrogens with two attached hydrogens (primary N) is 1. The first kappa shape index (κ1) is 18.4. The fourth-order valence-electron chi connectivity index (χ4n) is 4.27. The normalized spacial score (nSPS) is 25.1. The molecule has 1 aromatic rings. The minimum atomic E-state index is -0.376. The fraction of sp³-hybridized carbons (Fsp3) is 0.667. The topological polar surface area (TPSA) is 66.6 Å². The summed E-state index contributed by atoms with van der Waals surface area (Å²) in [5.41, 5.74) is 7.93. The van der Waals surface area contributed by atoms with Crippen molar-refractivity contribution in [3.63, 3.8) is 0 Å². The molecule has 1 amide bonds. The van der Waals surface area contributed by atoms with Crippen LogP contribution in [0.1, 0.15) is 62.2 Å². The Morgan fingerprint density at radius 1 is 1.12 bits per heavy atom. The van der Waals surface area contributed by atoms with Gasteiger partial charge in [0.2, 0.25) is 5.91 Å². The van der Waals surface area contributed by atoms with E-state index in [0.717, 1.165) is 70.1 Å². The third-order valence-corrected chi connectivity index (χ3v) is 6.08. The number of aryl methyl sites for hydroxylation is 1. The summed E-state index contributed by atoms with van der Waals surface area (Å²) in [6.07, 6.45) is 7.68. The molecular weight excluding hydrogens is 312 g/mol. The highest BCUT2D eigenvalue weighted by molar-refractivity contribution is 5.76. The van der Waals surface area contributed by atoms with Gasteiger partial charge in [0.05, 0.1) is 6.10 Å². The quantitative estimate of drug-likeness (QED) is 0.833. The number of rotatable bonds is 6. The Labute approximate surface area is 151 Å². The van der Waals surface area contributed by atoms with Gasteiger partial charge in [0.15, 0.2) is 0 Å². The standard InChI is InChI=1S/C21H32N2O2/c22-15-17-5-10-19(11-6-17)21(25)18-8-3-16(4-9-18)7-12-20(24)23-13-1-2-14-23/h3-4,8-9,17,19,21,25H,1-2,5-7,10-15,22H2. The number of benzene rings is 1. The van der Waals surface area contributed by atoms with Crippen LogP contribution in [0.25, 0.3) is 0 Å². The van der Waals surface area contributed by atoms with Crippen LogP contribution in [0, 0.1) is 11.8 Å². The Kier molecular flexibility index (Phi) is 6.49. The maximum absolute atomic E-state index is 12.1. The minimum Gasteiger partial charge on any atom is -0.388 e. The lowest BCUT2D eigenvalue weighted by Crippen LogP contribution is -2.27. The Morgan fingerprint density at radius 2 is 1.76 bits per heavy atom. The molecule has 3 rings (SSSR count). The summed E-state index contributed by atoms with van der Waals surface area (Å²) in [4.78, 5) is 14.1. The van der Waals surface area contributed by atoms with Gasteiger partial charge in [-0.1, -0.05) is 24.3 Å².